The predicted octanol–water partition coefficient (Wildman–Crippen LogP) is 3.23. The van der Waals surface area contributed by atoms with Gasteiger partial charge in [-0.2, -0.15) is 4.98 Å². The number of hydrogen-bond acceptors (Lipinski definition) is 6. The summed E-state index contributed by atoms with van der Waals surface area (Å²) in [6.45, 7) is 7.33. The van der Waals surface area contributed by atoms with Crippen molar-refractivity contribution in [2.45, 2.75) is 39.7 Å². The average molecular weight is 385 g/mol. The molecule has 1 unspecified atom stereocenters. The van der Waals surface area contributed by atoms with E-state index in [0.29, 0.717) is 17.8 Å². The van der Waals surface area contributed by atoms with Gasteiger partial charge in [-0.1, -0.05) is 24.3 Å². The summed E-state index contributed by atoms with van der Waals surface area (Å²) in [4.78, 5) is 18.3. The zero-order valence-corrected chi connectivity index (χ0v) is 16.5. The van der Waals surface area contributed by atoms with E-state index in [0.717, 1.165) is 40.5 Å². The molecule has 3 heterocycles. The van der Waals surface area contributed by atoms with Gasteiger partial charge in [0.05, 0.1) is 10.9 Å². The molecule has 8 heteroatoms. The number of phenolic OH excluding ortho intramolecular Hbond substituents is 1. The van der Waals surface area contributed by atoms with Crippen LogP contribution in [0.1, 0.15) is 30.9 Å². The molecule has 1 atom stereocenters. The molecule has 3 aromatic rings. The van der Waals surface area contributed by atoms with E-state index in [1.165, 1.54) is 11.3 Å². The molecule has 0 spiro atoms. The van der Waals surface area contributed by atoms with E-state index in [9.17, 15) is 9.90 Å². The lowest BCUT2D eigenvalue weighted by molar-refractivity contribution is -0.129. The number of hydrogen-bond donors (Lipinski definition) is 2. The van der Waals surface area contributed by atoms with Gasteiger partial charge in [-0.05, 0) is 37.5 Å². The molecule has 0 aliphatic carbocycles. The molecule has 1 aromatic carbocycles. The molecule has 7 nitrogen and oxygen atoms in total. The molecule has 0 radical (unpaired) electrons. The van der Waals surface area contributed by atoms with E-state index in [1.54, 1.807) is 10.7 Å². The van der Waals surface area contributed by atoms with Crippen LogP contribution in [0.3, 0.4) is 0 Å². The van der Waals surface area contributed by atoms with Crippen LogP contribution >= 0.6 is 11.3 Å². The lowest BCUT2D eigenvalue weighted by Gasteiger charge is -2.15. The molecule has 2 aromatic heterocycles. The number of phenols is 1. The number of amides is 1. The second-order valence-electron chi connectivity index (χ2n) is 7.05. The maximum atomic E-state index is 11.8. The van der Waals surface area contributed by atoms with Crippen molar-refractivity contribution >= 4 is 32.7 Å². The molecule has 0 bridgehead atoms. The first-order valence-corrected chi connectivity index (χ1v) is 9.97. The van der Waals surface area contributed by atoms with Crippen molar-refractivity contribution in [3.05, 3.63) is 29.5 Å². The van der Waals surface area contributed by atoms with Gasteiger partial charge < -0.3 is 15.3 Å². The average Bonchev–Trinajstić information content (AvgIpc) is 3.28. The summed E-state index contributed by atoms with van der Waals surface area (Å²) in [6, 6.07) is 3.99. The number of thiazole rings is 1. The van der Waals surface area contributed by atoms with Crippen LogP contribution in [-0.4, -0.2) is 49.8 Å². The Kier molecular flexibility index (Phi) is 4.51. The molecule has 2 N–H and O–H groups in total. The van der Waals surface area contributed by atoms with Crippen molar-refractivity contribution in [3.8, 4) is 11.4 Å². The molecule has 4 rings (SSSR count). The van der Waals surface area contributed by atoms with E-state index in [-0.39, 0.29) is 17.7 Å². The van der Waals surface area contributed by atoms with E-state index >= 15 is 0 Å². The largest absolute Gasteiger partial charge is 0.506 e. The third kappa shape index (κ3) is 3.37. The van der Waals surface area contributed by atoms with E-state index in [2.05, 4.69) is 15.4 Å². The Morgan fingerprint density at radius 1 is 1.41 bits per heavy atom. The van der Waals surface area contributed by atoms with Gasteiger partial charge in [0.15, 0.2) is 10.8 Å². The Labute approximate surface area is 161 Å². The Morgan fingerprint density at radius 3 is 2.93 bits per heavy atom. The normalized spacial score (nSPS) is 17.0. The second-order valence-corrected chi connectivity index (χ2v) is 8.08. The summed E-state index contributed by atoms with van der Waals surface area (Å²) in [6.07, 6.45) is 3.38. The highest BCUT2D eigenvalue weighted by molar-refractivity contribution is 7.22. The number of anilines is 1. The number of nitrogens with zero attached hydrogens (tertiary/aromatic N) is 4. The van der Waals surface area contributed by atoms with E-state index in [4.69, 9.17) is 0 Å². The van der Waals surface area contributed by atoms with Crippen LogP contribution in [0, 0.1) is 13.8 Å². The summed E-state index contributed by atoms with van der Waals surface area (Å²) in [5.74, 6) is 0.417. The number of likely N-dealkylation sites (tertiary alicyclic amines) is 1. The third-order valence-corrected chi connectivity index (χ3v) is 5.81. The minimum atomic E-state index is 0.202. The molecule has 1 aliphatic heterocycles. The fourth-order valence-corrected chi connectivity index (χ4v) is 4.53. The predicted molar refractivity (Wildman–Crippen MR) is 107 cm³/mol. The van der Waals surface area contributed by atoms with Crippen LogP contribution < -0.4 is 5.32 Å². The molecule has 1 amide bonds. The van der Waals surface area contributed by atoms with Crippen molar-refractivity contribution in [1.29, 1.82) is 0 Å². The number of benzene rings is 1. The fourth-order valence-electron chi connectivity index (χ4n) is 3.64. The smallest absolute Gasteiger partial charge is 0.222 e. The zero-order valence-electron chi connectivity index (χ0n) is 15.7. The highest BCUT2D eigenvalue weighted by Gasteiger charge is 2.26. The molecule has 0 saturated carbocycles. The molecule has 1 fully saturated rings. The SMILES string of the molecule is CCC(=O)N1CCC(Nc2nc3nn(-c4c(C)cc(C)cc4O)cc3s2)C1. The second kappa shape index (κ2) is 6.84. The number of carbonyl (C=O) groups excluding carboxylic acids is 1. The quantitative estimate of drug-likeness (QED) is 0.720. The summed E-state index contributed by atoms with van der Waals surface area (Å²) < 4.78 is 2.65. The molecular formula is C19H23N5O2S. The molecule has 27 heavy (non-hydrogen) atoms. The first-order valence-electron chi connectivity index (χ1n) is 9.15. The van der Waals surface area contributed by atoms with E-state index in [1.807, 2.05) is 37.9 Å². The maximum Gasteiger partial charge on any atom is 0.222 e. The van der Waals surface area contributed by atoms with Gasteiger partial charge in [-0.25, -0.2) is 4.68 Å². The first kappa shape index (κ1) is 17.8. The van der Waals surface area contributed by atoms with Crippen LogP contribution in [0.25, 0.3) is 16.0 Å². The fraction of sp³-hybridized carbons (Fsp3) is 0.421. The van der Waals surface area contributed by atoms with Gasteiger partial charge in [-0.3, -0.25) is 4.79 Å². The van der Waals surface area contributed by atoms with Gasteiger partial charge in [0.1, 0.15) is 11.4 Å². The zero-order chi connectivity index (χ0) is 19.1. The number of rotatable bonds is 4. The van der Waals surface area contributed by atoms with Crippen molar-refractivity contribution in [2.75, 3.05) is 18.4 Å². The summed E-state index contributed by atoms with van der Waals surface area (Å²) in [7, 11) is 0. The van der Waals surface area contributed by atoms with Crippen molar-refractivity contribution in [1.82, 2.24) is 19.7 Å². The number of carbonyl (C=O) groups is 1. The lowest BCUT2D eigenvalue weighted by atomic mass is 10.1. The Morgan fingerprint density at radius 2 is 2.22 bits per heavy atom. The summed E-state index contributed by atoms with van der Waals surface area (Å²) >= 11 is 1.54. The van der Waals surface area contributed by atoms with Crippen LogP contribution in [0.2, 0.25) is 0 Å². The van der Waals surface area contributed by atoms with Gasteiger partial charge in [-0.15, -0.1) is 5.10 Å². The topological polar surface area (TPSA) is 83.3 Å². The van der Waals surface area contributed by atoms with Crippen molar-refractivity contribution in [3.63, 3.8) is 0 Å². The van der Waals surface area contributed by atoms with Crippen LogP contribution in [-0.2, 0) is 4.79 Å². The lowest BCUT2D eigenvalue weighted by Crippen LogP contribution is -2.30. The van der Waals surface area contributed by atoms with Crippen molar-refractivity contribution in [2.24, 2.45) is 0 Å². The standard InChI is InChI=1S/C19H23N5O2S/c1-4-16(26)23-6-5-13(9-23)20-19-21-18-15(27-19)10-24(22-18)17-12(3)7-11(2)8-14(17)25/h7-8,10,13,25H,4-6,9H2,1-3H3,(H,20,21,22). The third-order valence-electron chi connectivity index (χ3n) is 4.90. The summed E-state index contributed by atoms with van der Waals surface area (Å²) in [5.41, 5.74) is 3.32. The minimum absolute atomic E-state index is 0.202. The molecule has 142 valence electrons. The number of nitrogens with one attached hydrogen (secondary N) is 1. The number of fused-ring (bicyclic) bond motifs is 1. The minimum Gasteiger partial charge on any atom is -0.506 e. The molecule has 1 aliphatic rings. The van der Waals surface area contributed by atoms with E-state index < -0.39 is 0 Å². The van der Waals surface area contributed by atoms with Gasteiger partial charge in [0.2, 0.25) is 5.91 Å². The first-order chi connectivity index (χ1) is 12.9. The highest BCUT2D eigenvalue weighted by Crippen LogP contribution is 2.31. The van der Waals surface area contributed by atoms with Crippen LogP contribution in [0.5, 0.6) is 5.75 Å². The number of aromatic nitrogens is 3. The monoisotopic (exact) mass is 385 g/mol. The molecular weight excluding hydrogens is 362 g/mol. The summed E-state index contributed by atoms with van der Waals surface area (Å²) in [5, 5.41) is 19.1. The van der Waals surface area contributed by atoms with Crippen LogP contribution in [0.15, 0.2) is 18.3 Å². The number of aryl methyl sites for hydroxylation is 2. The van der Waals surface area contributed by atoms with Crippen molar-refractivity contribution < 1.29 is 9.90 Å². The Hall–Kier alpha value is -2.61. The maximum absolute atomic E-state index is 11.8. The molecule has 1 saturated heterocycles. The van der Waals surface area contributed by atoms with Gasteiger partial charge in [0, 0.05) is 25.6 Å². The number of aromatic hydroxyl groups is 1. The Bertz CT molecular complexity index is 954. The Balaban J connectivity index is 1.53. The van der Waals surface area contributed by atoms with Crippen LogP contribution in [0.4, 0.5) is 5.13 Å². The van der Waals surface area contributed by atoms with Gasteiger partial charge >= 0.3 is 0 Å². The highest BCUT2D eigenvalue weighted by atomic mass is 32.1. The van der Waals surface area contributed by atoms with Gasteiger partial charge in [0.25, 0.3) is 0 Å².